The van der Waals surface area contributed by atoms with Crippen LogP contribution in [0.3, 0.4) is 0 Å². The van der Waals surface area contributed by atoms with Crippen molar-refractivity contribution < 1.29 is 9.53 Å². The second kappa shape index (κ2) is 7.26. The number of rotatable bonds is 5. The number of thiocarbonyl (C=S) groups is 1. The summed E-state index contributed by atoms with van der Waals surface area (Å²) >= 11 is 5.04. The van der Waals surface area contributed by atoms with Gasteiger partial charge < -0.3 is 20.7 Å². The highest BCUT2D eigenvalue weighted by Gasteiger charge is 2.16. The number of ether oxygens (including phenoxy) is 1. The molecule has 0 aromatic heterocycles. The van der Waals surface area contributed by atoms with Gasteiger partial charge in [0, 0.05) is 30.4 Å². The van der Waals surface area contributed by atoms with Gasteiger partial charge in [-0.15, -0.1) is 0 Å². The Bertz CT molecular complexity index is 528. The first-order valence-electron chi connectivity index (χ1n) is 7.11. The molecule has 1 heterocycles. The van der Waals surface area contributed by atoms with Crippen molar-refractivity contribution in [2.75, 3.05) is 32.1 Å². The lowest BCUT2D eigenvalue weighted by atomic mass is 10.1. The second-order valence-corrected chi connectivity index (χ2v) is 5.51. The molecular formula is C15H21N3O2S. The molecule has 2 rings (SSSR count). The minimum Gasteiger partial charge on any atom is -0.497 e. The number of carbonyl (C=O) groups excluding carboxylic acids is 1. The highest BCUT2D eigenvalue weighted by atomic mass is 32.1. The molecule has 0 spiro atoms. The van der Waals surface area contributed by atoms with Crippen molar-refractivity contribution in [2.45, 2.75) is 19.3 Å². The molecule has 0 unspecified atom stereocenters. The van der Waals surface area contributed by atoms with Crippen LogP contribution in [0, 0.1) is 0 Å². The first-order valence-corrected chi connectivity index (χ1v) is 7.52. The molecule has 1 aliphatic rings. The Balaban J connectivity index is 2.04. The lowest BCUT2D eigenvalue weighted by Gasteiger charge is -2.27. The summed E-state index contributed by atoms with van der Waals surface area (Å²) in [5.74, 6) is 0.800. The van der Waals surface area contributed by atoms with Gasteiger partial charge in [-0.05, 0) is 31.4 Å². The van der Waals surface area contributed by atoms with E-state index in [0.717, 1.165) is 37.2 Å². The van der Waals surface area contributed by atoms with Crippen molar-refractivity contribution in [1.29, 1.82) is 0 Å². The van der Waals surface area contributed by atoms with Gasteiger partial charge >= 0.3 is 0 Å². The van der Waals surface area contributed by atoms with Gasteiger partial charge in [0.15, 0.2) is 0 Å². The average Bonchev–Trinajstić information content (AvgIpc) is 2.52. The Labute approximate surface area is 130 Å². The van der Waals surface area contributed by atoms with Crippen LogP contribution >= 0.6 is 12.2 Å². The fraction of sp³-hybridized carbons (Fsp3) is 0.467. The molecule has 1 aromatic carbocycles. The Hall–Kier alpha value is -1.82. The maximum absolute atomic E-state index is 12.2. The van der Waals surface area contributed by atoms with Crippen LogP contribution in [0.4, 0.5) is 5.69 Å². The van der Waals surface area contributed by atoms with E-state index in [9.17, 15) is 4.79 Å². The van der Waals surface area contributed by atoms with Crippen molar-refractivity contribution in [3.05, 3.63) is 23.8 Å². The van der Waals surface area contributed by atoms with Gasteiger partial charge in [0.25, 0.3) is 0 Å². The number of methoxy groups -OCH3 is 1. The number of benzene rings is 1. The highest BCUT2D eigenvalue weighted by molar-refractivity contribution is 7.80. The maximum atomic E-state index is 12.2. The van der Waals surface area contributed by atoms with Gasteiger partial charge in [-0.3, -0.25) is 4.79 Å². The third-order valence-electron chi connectivity index (χ3n) is 3.63. The van der Waals surface area contributed by atoms with Crippen LogP contribution in [0.2, 0.25) is 0 Å². The monoisotopic (exact) mass is 307 g/mol. The summed E-state index contributed by atoms with van der Waals surface area (Å²) < 4.78 is 5.19. The van der Waals surface area contributed by atoms with Crippen LogP contribution in [0.1, 0.15) is 24.8 Å². The summed E-state index contributed by atoms with van der Waals surface area (Å²) in [7, 11) is 1.60. The van der Waals surface area contributed by atoms with E-state index >= 15 is 0 Å². The zero-order valence-electron chi connectivity index (χ0n) is 12.2. The van der Waals surface area contributed by atoms with E-state index in [1.807, 2.05) is 4.90 Å². The van der Waals surface area contributed by atoms with Crippen LogP contribution in [0.15, 0.2) is 18.2 Å². The minimum absolute atomic E-state index is 0.103. The molecular weight excluding hydrogens is 286 g/mol. The highest BCUT2D eigenvalue weighted by Crippen LogP contribution is 2.22. The molecule has 0 radical (unpaired) electrons. The lowest BCUT2D eigenvalue weighted by molar-refractivity contribution is -0.130. The van der Waals surface area contributed by atoms with E-state index in [2.05, 4.69) is 5.32 Å². The molecule has 0 bridgehead atoms. The molecule has 1 saturated heterocycles. The number of hydrogen-bond donors (Lipinski definition) is 2. The van der Waals surface area contributed by atoms with Crippen LogP contribution in [0.25, 0.3) is 0 Å². The molecule has 5 nitrogen and oxygen atoms in total. The number of hydrogen-bond acceptors (Lipinski definition) is 4. The maximum Gasteiger partial charge on any atom is 0.241 e. The van der Waals surface area contributed by atoms with E-state index < -0.39 is 0 Å². The molecule has 3 N–H and O–H groups in total. The van der Waals surface area contributed by atoms with Gasteiger partial charge in [-0.2, -0.15) is 0 Å². The molecule has 0 atom stereocenters. The average molecular weight is 307 g/mol. The Kier molecular flexibility index (Phi) is 5.38. The summed E-state index contributed by atoms with van der Waals surface area (Å²) in [5.41, 5.74) is 7.16. The zero-order chi connectivity index (χ0) is 15.2. The molecule has 0 aliphatic carbocycles. The van der Waals surface area contributed by atoms with E-state index in [0.29, 0.717) is 10.7 Å². The smallest absolute Gasteiger partial charge is 0.241 e. The Morgan fingerprint density at radius 1 is 1.38 bits per heavy atom. The van der Waals surface area contributed by atoms with Gasteiger partial charge in [-0.1, -0.05) is 12.2 Å². The van der Waals surface area contributed by atoms with Crippen LogP contribution < -0.4 is 15.8 Å². The second-order valence-electron chi connectivity index (χ2n) is 5.07. The number of carbonyl (C=O) groups is 1. The van der Waals surface area contributed by atoms with Crippen LogP contribution in [-0.4, -0.2) is 42.5 Å². The van der Waals surface area contributed by atoms with Gasteiger partial charge in [0.1, 0.15) is 10.7 Å². The molecule has 6 heteroatoms. The summed E-state index contributed by atoms with van der Waals surface area (Å²) in [6, 6.07) is 5.40. The molecule has 1 fully saturated rings. The lowest BCUT2D eigenvalue weighted by Crippen LogP contribution is -2.39. The topological polar surface area (TPSA) is 67.6 Å². The van der Waals surface area contributed by atoms with Crippen molar-refractivity contribution in [1.82, 2.24) is 4.90 Å². The fourth-order valence-electron chi connectivity index (χ4n) is 2.44. The van der Waals surface area contributed by atoms with Gasteiger partial charge in [-0.25, -0.2) is 0 Å². The van der Waals surface area contributed by atoms with E-state index in [1.54, 1.807) is 25.3 Å². The predicted molar refractivity (Wildman–Crippen MR) is 87.8 cm³/mol. The quantitative estimate of drug-likeness (QED) is 0.811. The number of nitrogens with one attached hydrogen (secondary N) is 1. The van der Waals surface area contributed by atoms with E-state index in [1.165, 1.54) is 6.42 Å². The van der Waals surface area contributed by atoms with E-state index in [-0.39, 0.29) is 12.5 Å². The van der Waals surface area contributed by atoms with Gasteiger partial charge in [0.05, 0.1) is 13.7 Å². The minimum atomic E-state index is 0.103. The SMILES string of the molecule is COc1ccc(C(N)=S)c(NCC(=O)N2CCCCC2)c1. The summed E-state index contributed by atoms with van der Waals surface area (Å²) in [6.45, 7) is 1.93. The molecule has 21 heavy (non-hydrogen) atoms. The summed E-state index contributed by atoms with van der Waals surface area (Å²) in [4.78, 5) is 14.4. The molecule has 114 valence electrons. The number of anilines is 1. The van der Waals surface area contributed by atoms with Crippen molar-refractivity contribution in [3.8, 4) is 5.75 Å². The number of nitrogens with zero attached hydrogens (tertiary/aromatic N) is 1. The third-order valence-corrected chi connectivity index (χ3v) is 3.85. The molecule has 1 aliphatic heterocycles. The van der Waals surface area contributed by atoms with Crippen molar-refractivity contribution in [3.63, 3.8) is 0 Å². The van der Waals surface area contributed by atoms with Gasteiger partial charge in [0.2, 0.25) is 5.91 Å². The number of amides is 1. The fourth-order valence-corrected chi connectivity index (χ4v) is 2.62. The largest absolute Gasteiger partial charge is 0.497 e. The first-order chi connectivity index (χ1) is 10.1. The van der Waals surface area contributed by atoms with E-state index in [4.69, 9.17) is 22.7 Å². The normalized spacial score (nSPS) is 14.6. The molecule has 0 saturated carbocycles. The molecule has 1 amide bonds. The predicted octanol–water partition coefficient (Wildman–Crippen LogP) is 1.75. The number of piperidine rings is 1. The Morgan fingerprint density at radius 2 is 2.10 bits per heavy atom. The van der Waals surface area contributed by atoms with Crippen LogP contribution in [0.5, 0.6) is 5.75 Å². The summed E-state index contributed by atoms with van der Waals surface area (Å²) in [6.07, 6.45) is 3.38. The molecule has 1 aromatic rings. The Morgan fingerprint density at radius 3 is 2.71 bits per heavy atom. The first kappa shape index (κ1) is 15.6. The number of nitrogens with two attached hydrogens (primary N) is 1. The third kappa shape index (κ3) is 4.07. The standard InChI is InChI=1S/C15H21N3O2S/c1-20-11-5-6-12(15(16)21)13(9-11)17-10-14(19)18-7-3-2-4-8-18/h5-6,9,17H,2-4,7-8,10H2,1H3,(H2,16,21). The van der Waals surface area contributed by atoms with Crippen molar-refractivity contribution in [2.24, 2.45) is 5.73 Å². The zero-order valence-corrected chi connectivity index (χ0v) is 13.0. The van der Waals surface area contributed by atoms with Crippen molar-refractivity contribution >= 4 is 28.8 Å². The summed E-state index contributed by atoms with van der Waals surface area (Å²) in [5, 5.41) is 3.13. The van der Waals surface area contributed by atoms with Crippen LogP contribution in [-0.2, 0) is 4.79 Å². The number of likely N-dealkylation sites (tertiary alicyclic amines) is 1.